The molecule has 0 aliphatic heterocycles. The molecule has 2 aromatic carbocycles. The van der Waals surface area contributed by atoms with Gasteiger partial charge in [-0.2, -0.15) is 5.26 Å². The summed E-state index contributed by atoms with van der Waals surface area (Å²) in [7, 11) is 0. The Morgan fingerprint density at radius 1 is 1.10 bits per heavy atom. The number of halogens is 1. The Morgan fingerprint density at radius 2 is 1.81 bits per heavy atom. The predicted octanol–water partition coefficient (Wildman–Crippen LogP) is 4.58. The van der Waals surface area contributed by atoms with Crippen molar-refractivity contribution in [2.24, 2.45) is 0 Å². The van der Waals surface area contributed by atoms with E-state index >= 15 is 0 Å². The summed E-state index contributed by atoms with van der Waals surface area (Å²) in [5.74, 6) is 1.41. The van der Waals surface area contributed by atoms with Gasteiger partial charge >= 0.3 is 0 Å². The second kappa shape index (κ2) is 7.56. The van der Waals surface area contributed by atoms with Gasteiger partial charge in [-0.3, -0.25) is 0 Å². The van der Waals surface area contributed by atoms with Gasteiger partial charge in [-0.1, -0.05) is 36.7 Å². The van der Waals surface area contributed by atoms with Crippen LogP contribution < -0.4 is 9.47 Å². The lowest BCUT2D eigenvalue weighted by atomic mass is 10.1. The molecular formula is C17H16ClNO2. The molecule has 21 heavy (non-hydrogen) atoms. The van der Waals surface area contributed by atoms with Crippen LogP contribution in [0.15, 0.2) is 42.5 Å². The number of benzene rings is 2. The van der Waals surface area contributed by atoms with Gasteiger partial charge in [-0.25, -0.2) is 0 Å². The highest BCUT2D eigenvalue weighted by molar-refractivity contribution is 6.31. The van der Waals surface area contributed by atoms with E-state index in [1.807, 2.05) is 24.3 Å². The monoisotopic (exact) mass is 301 g/mol. The average Bonchev–Trinajstić information content (AvgIpc) is 2.52. The van der Waals surface area contributed by atoms with Crippen LogP contribution in [0.4, 0.5) is 0 Å². The molecule has 0 saturated carbocycles. The number of hydrogen-bond acceptors (Lipinski definition) is 3. The number of ether oxygens (including phenoxy) is 2. The molecule has 108 valence electrons. The summed E-state index contributed by atoms with van der Waals surface area (Å²) in [5, 5.41) is 9.35. The third-order valence-electron chi connectivity index (χ3n) is 2.88. The first-order valence-electron chi connectivity index (χ1n) is 6.77. The summed E-state index contributed by atoms with van der Waals surface area (Å²) < 4.78 is 11.4. The minimum atomic E-state index is 0.330. The largest absolute Gasteiger partial charge is 0.490 e. The Labute approximate surface area is 129 Å². The van der Waals surface area contributed by atoms with Gasteiger partial charge in [0.05, 0.1) is 18.2 Å². The Kier molecular flexibility index (Phi) is 5.48. The molecule has 4 heteroatoms. The lowest BCUT2D eigenvalue weighted by molar-refractivity contribution is 0.262. The van der Waals surface area contributed by atoms with Gasteiger partial charge in [0, 0.05) is 10.6 Å². The highest BCUT2D eigenvalue weighted by Crippen LogP contribution is 2.28. The van der Waals surface area contributed by atoms with Crippen molar-refractivity contribution in [1.82, 2.24) is 0 Å². The first-order chi connectivity index (χ1) is 10.2. The normalized spacial score (nSPS) is 9.95. The van der Waals surface area contributed by atoms with Crippen molar-refractivity contribution in [1.29, 1.82) is 5.26 Å². The molecule has 2 rings (SSSR count). The molecule has 0 fully saturated rings. The Morgan fingerprint density at radius 3 is 2.43 bits per heavy atom. The number of rotatable bonds is 6. The topological polar surface area (TPSA) is 42.2 Å². The Balaban J connectivity index is 2.08. The summed E-state index contributed by atoms with van der Waals surface area (Å²) in [5.41, 5.74) is 1.37. The molecular weight excluding hydrogens is 286 g/mol. The molecule has 0 aliphatic rings. The van der Waals surface area contributed by atoms with E-state index in [0.717, 1.165) is 17.7 Å². The maximum Gasteiger partial charge on any atom is 0.161 e. The molecule has 0 N–H and O–H groups in total. The number of nitriles is 1. The minimum Gasteiger partial charge on any atom is -0.490 e. The third kappa shape index (κ3) is 4.14. The van der Waals surface area contributed by atoms with Crippen LogP contribution >= 0.6 is 11.6 Å². The van der Waals surface area contributed by atoms with Crippen molar-refractivity contribution in [3.8, 4) is 17.6 Å². The lowest BCUT2D eigenvalue weighted by Crippen LogP contribution is -2.01. The summed E-state index contributed by atoms with van der Waals surface area (Å²) in [6.45, 7) is 3.04. The van der Waals surface area contributed by atoms with Gasteiger partial charge in [0.1, 0.15) is 6.61 Å². The number of para-hydroxylation sites is 2. The fourth-order valence-electron chi connectivity index (χ4n) is 1.79. The van der Waals surface area contributed by atoms with Crippen LogP contribution in [-0.4, -0.2) is 6.61 Å². The van der Waals surface area contributed by atoms with E-state index in [-0.39, 0.29) is 0 Å². The van der Waals surface area contributed by atoms with E-state index in [2.05, 4.69) is 13.0 Å². The van der Waals surface area contributed by atoms with Gasteiger partial charge in [0.25, 0.3) is 0 Å². The zero-order valence-electron chi connectivity index (χ0n) is 11.8. The summed E-state index contributed by atoms with van der Waals surface area (Å²) >= 11 is 6.14. The SMILES string of the molecule is CCCOc1ccccc1OCc1ccc(C#N)cc1Cl. The summed E-state index contributed by atoms with van der Waals surface area (Å²) in [4.78, 5) is 0. The van der Waals surface area contributed by atoms with E-state index in [1.165, 1.54) is 0 Å². The van der Waals surface area contributed by atoms with E-state index in [4.69, 9.17) is 26.3 Å². The highest BCUT2D eigenvalue weighted by atomic mass is 35.5. The van der Waals surface area contributed by atoms with Crippen molar-refractivity contribution in [2.75, 3.05) is 6.61 Å². The molecule has 0 saturated heterocycles. The van der Waals surface area contributed by atoms with Crippen LogP contribution in [0.1, 0.15) is 24.5 Å². The van der Waals surface area contributed by atoms with Crippen LogP contribution in [0.5, 0.6) is 11.5 Å². The van der Waals surface area contributed by atoms with Gasteiger partial charge < -0.3 is 9.47 Å². The molecule has 0 bridgehead atoms. The Hall–Kier alpha value is -2.18. The summed E-state index contributed by atoms with van der Waals surface area (Å²) in [6.07, 6.45) is 0.940. The molecule has 0 radical (unpaired) electrons. The average molecular weight is 302 g/mol. The molecule has 0 amide bonds. The van der Waals surface area contributed by atoms with Crippen molar-refractivity contribution in [3.63, 3.8) is 0 Å². The first-order valence-corrected chi connectivity index (χ1v) is 7.15. The molecule has 3 nitrogen and oxygen atoms in total. The molecule has 0 atom stereocenters. The highest BCUT2D eigenvalue weighted by Gasteiger charge is 2.07. The van der Waals surface area contributed by atoms with Crippen LogP contribution in [0, 0.1) is 11.3 Å². The smallest absolute Gasteiger partial charge is 0.161 e. The van der Waals surface area contributed by atoms with Crippen LogP contribution in [0.2, 0.25) is 5.02 Å². The van der Waals surface area contributed by atoms with Crippen molar-refractivity contribution in [3.05, 3.63) is 58.6 Å². The Bertz CT molecular complexity index is 649. The standard InChI is InChI=1S/C17H16ClNO2/c1-2-9-20-16-5-3-4-6-17(16)21-12-14-8-7-13(11-19)10-15(14)18/h3-8,10H,2,9,12H2,1H3. The summed E-state index contributed by atoms with van der Waals surface area (Å²) in [6, 6.07) is 14.8. The quantitative estimate of drug-likeness (QED) is 0.784. The molecule has 0 aromatic heterocycles. The van der Waals surface area contributed by atoms with Crippen LogP contribution in [0.25, 0.3) is 0 Å². The molecule has 0 spiro atoms. The van der Waals surface area contributed by atoms with E-state index < -0.39 is 0 Å². The molecule has 0 aliphatic carbocycles. The lowest BCUT2D eigenvalue weighted by Gasteiger charge is -2.12. The number of hydrogen-bond donors (Lipinski definition) is 0. The van der Waals surface area contributed by atoms with E-state index in [1.54, 1.807) is 18.2 Å². The second-order valence-corrected chi connectivity index (χ2v) is 4.91. The third-order valence-corrected chi connectivity index (χ3v) is 3.23. The zero-order chi connectivity index (χ0) is 15.1. The van der Waals surface area contributed by atoms with Crippen molar-refractivity contribution in [2.45, 2.75) is 20.0 Å². The van der Waals surface area contributed by atoms with Crippen molar-refractivity contribution < 1.29 is 9.47 Å². The second-order valence-electron chi connectivity index (χ2n) is 4.50. The molecule has 2 aromatic rings. The maximum atomic E-state index is 8.82. The van der Waals surface area contributed by atoms with Gasteiger partial charge in [-0.15, -0.1) is 0 Å². The van der Waals surface area contributed by atoms with Gasteiger partial charge in [-0.05, 0) is 30.7 Å². The van der Waals surface area contributed by atoms with Crippen LogP contribution in [0.3, 0.4) is 0 Å². The molecule has 0 unspecified atom stereocenters. The van der Waals surface area contributed by atoms with Gasteiger partial charge in [0.15, 0.2) is 11.5 Å². The maximum absolute atomic E-state index is 8.82. The van der Waals surface area contributed by atoms with Crippen LogP contribution in [-0.2, 0) is 6.61 Å². The zero-order valence-corrected chi connectivity index (χ0v) is 12.6. The first kappa shape index (κ1) is 15.2. The number of nitrogens with zero attached hydrogens (tertiary/aromatic N) is 1. The minimum absolute atomic E-state index is 0.330. The van der Waals surface area contributed by atoms with Crippen molar-refractivity contribution >= 4 is 11.6 Å². The fourth-order valence-corrected chi connectivity index (χ4v) is 2.03. The molecule has 0 heterocycles. The van der Waals surface area contributed by atoms with E-state index in [9.17, 15) is 0 Å². The predicted molar refractivity (Wildman–Crippen MR) is 82.7 cm³/mol. The van der Waals surface area contributed by atoms with Gasteiger partial charge in [0.2, 0.25) is 0 Å². The van der Waals surface area contributed by atoms with E-state index in [0.29, 0.717) is 29.5 Å². The fraction of sp³-hybridized carbons (Fsp3) is 0.235.